The molecule has 3 unspecified atom stereocenters. The van der Waals surface area contributed by atoms with Crippen LogP contribution in [0.15, 0.2) is 0 Å². The van der Waals surface area contributed by atoms with Gasteiger partial charge in [-0.2, -0.15) is 0 Å². The fourth-order valence-electron chi connectivity index (χ4n) is 5.99. The summed E-state index contributed by atoms with van der Waals surface area (Å²) in [5, 5.41) is 78.9. The average molecular weight is 1050 g/mol. The normalized spacial score (nSPS) is 13.7. The summed E-state index contributed by atoms with van der Waals surface area (Å²) in [5.74, 6) is -13.1. The molecule has 0 saturated carbocycles. The first-order valence-corrected chi connectivity index (χ1v) is 22.8. The van der Waals surface area contributed by atoms with Gasteiger partial charge in [0.2, 0.25) is 70.9 Å². The molecule has 0 rings (SSSR count). The largest absolute Gasteiger partial charge is 0.480 e. The highest BCUT2D eigenvalue weighted by Crippen LogP contribution is 2.07. The Hall–Kier alpha value is -7.13. The zero-order valence-electron chi connectivity index (χ0n) is 41.4. The molecule has 32 heteroatoms. The molecule has 0 radical (unpaired) electrons. The molecule has 0 aromatic rings. The Morgan fingerprint density at radius 3 is 1.23 bits per heavy atom. The third kappa shape index (κ3) is 26.8. The molecular weight excluding hydrogens is 979 g/mol. The predicted octanol–water partition coefficient (Wildman–Crippen LogP) is -7.63. The van der Waals surface area contributed by atoms with Crippen molar-refractivity contribution in [3.8, 4) is 0 Å². The van der Waals surface area contributed by atoms with Crippen molar-refractivity contribution in [2.75, 3.05) is 52.5 Å². The van der Waals surface area contributed by atoms with E-state index in [0.717, 1.165) is 20.8 Å². The maximum atomic E-state index is 13.5. The van der Waals surface area contributed by atoms with Gasteiger partial charge in [-0.05, 0) is 51.4 Å². The van der Waals surface area contributed by atoms with Crippen molar-refractivity contribution in [1.82, 2.24) is 63.0 Å². The third-order valence-corrected chi connectivity index (χ3v) is 10.2. The van der Waals surface area contributed by atoms with E-state index < -0.39 is 158 Å². The molecule has 0 heterocycles. The van der Waals surface area contributed by atoms with Gasteiger partial charge in [0.05, 0.1) is 26.3 Å². The second-order valence-corrected chi connectivity index (χ2v) is 16.7. The fraction of sp³-hybridized carbons (Fsp3) is 0.683. The molecule has 12 amide bonds. The molecule has 0 aromatic heterocycles. The van der Waals surface area contributed by atoms with E-state index in [1.165, 1.54) is 20.8 Å². The Labute approximate surface area is 419 Å². The minimum atomic E-state index is -1.79. The number of carboxylic acid groups (broad SMARTS) is 1. The molecule has 17 N–H and O–H groups in total. The molecule has 73 heavy (non-hydrogen) atoms. The van der Waals surface area contributed by atoms with Crippen LogP contribution in [0.4, 0.5) is 0 Å². The molecule has 0 saturated heterocycles. The number of carboxylic acids is 1. The second-order valence-electron chi connectivity index (χ2n) is 16.7. The van der Waals surface area contributed by atoms with Gasteiger partial charge in [0.1, 0.15) is 48.8 Å². The van der Waals surface area contributed by atoms with Crippen LogP contribution < -0.4 is 53.6 Å². The van der Waals surface area contributed by atoms with Crippen LogP contribution in [0.3, 0.4) is 0 Å². The number of nitrogens with zero attached hydrogens (tertiary/aromatic N) is 3. The molecule has 414 valence electrons. The molecule has 7 atom stereocenters. The summed E-state index contributed by atoms with van der Waals surface area (Å²) in [6, 6.07) is -10.4. The van der Waals surface area contributed by atoms with E-state index in [2.05, 4.69) is 47.9 Å². The second kappa shape index (κ2) is 34.3. The number of nitrogens with one attached hydrogen (secondary N) is 9. The summed E-state index contributed by atoms with van der Waals surface area (Å²) in [7, 11) is 0. The van der Waals surface area contributed by atoms with Gasteiger partial charge in [0.25, 0.3) is 0 Å². The lowest BCUT2D eigenvalue weighted by Crippen LogP contribution is -2.60. The Balaban J connectivity index is 5.93. The van der Waals surface area contributed by atoms with Crippen molar-refractivity contribution < 1.29 is 93.3 Å². The smallest absolute Gasteiger partial charge is 0.322 e. The zero-order valence-corrected chi connectivity index (χ0v) is 41.4. The molecule has 0 bridgehead atoms. The number of nitrogens with two attached hydrogens (primary N) is 1. The van der Waals surface area contributed by atoms with Crippen molar-refractivity contribution in [2.45, 2.75) is 122 Å². The summed E-state index contributed by atoms with van der Waals surface area (Å²) in [6.07, 6.45) is -0.836. The fourth-order valence-corrected chi connectivity index (χ4v) is 5.99. The Morgan fingerprint density at radius 2 is 0.822 bits per heavy atom. The zero-order chi connectivity index (χ0) is 56.1. The average Bonchev–Trinajstić information content (AvgIpc) is 3.32. The van der Waals surface area contributed by atoms with E-state index in [1.54, 1.807) is 0 Å². The number of hydroxylamine groups is 6. The molecule has 0 fully saturated rings. The van der Waals surface area contributed by atoms with Crippen molar-refractivity contribution in [3.63, 3.8) is 0 Å². The number of aliphatic carboxylic acids is 1. The van der Waals surface area contributed by atoms with Gasteiger partial charge < -0.3 is 68.9 Å². The Morgan fingerprint density at radius 1 is 0.452 bits per heavy atom. The van der Waals surface area contributed by atoms with E-state index in [0.29, 0.717) is 15.2 Å². The third-order valence-electron chi connectivity index (χ3n) is 10.2. The lowest BCUT2D eigenvalue weighted by Gasteiger charge is -2.27. The van der Waals surface area contributed by atoms with Crippen molar-refractivity contribution in [2.24, 2.45) is 11.7 Å². The van der Waals surface area contributed by atoms with E-state index in [9.17, 15) is 88.2 Å². The van der Waals surface area contributed by atoms with Gasteiger partial charge >= 0.3 is 5.97 Å². The van der Waals surface area contributed by atoms with Crippen LogP contribution in [0, 0.1) is 5.92 Å². The number of amides is 12. The highest BCUT2D eigenvalue weighted by Gasteiger charge is 2.33. The van der Waals surface area contributed by atoms with Crippen LogP contribution in [-0.2, 0) is 62.3 Å². The van der Waals surface area contributed by atoms with Crippen molar-refractivity contribution in [1.29, 1.82) is 0 Å². The van der Waals surface area contributed by atoms with Gasteiger partial charge in [-0.3, -0.25) is 78.0 Å². The standard InChI is InChI=1S/C41H71N13O19/c1-21(2)34(51-32(61)17-44-38(67)28(48-36(65)26(42)19-55)11-8-14-53(72)24(5)58)41(70)50-30(20-56)40(69)49-29(12-9-15-54(73)25(6)59)39(68)46-22(3)35(64)43-16-31(60)47-27(37(66)45-18-33(62)63)10-7-13-52(71)23(4)57/h21-22,26-30,34,55-56,71-73H,7-20,42H2,1-6H3,(H,43,64)(H,44,67)(H,45,66)(H,46,68)(H,47,60)(H,48,65)(H,49,69)(H,50,70)(H,51,61)(H,62,63)/t22-,26-,27?,28?,29?,30-,34-/m1/s1. The lowest BCUT2D eigenvalue weighted by atomic mass is 10.0. The van der Waals surface area contributed by atoms with Gasteiger partial charge in [-0.1, -0.05) is 13.8 Å². The molecule has 0 aliphatic carbocycles. The molecule has 0 aliphatic heterocycles. The number of carbonyl (C=O) groups is 13. The molecule has 0 aliphatic rings. The van der Waals surface area contributed by atoms with Crippen LogP contribution >= 0.6 is 0 Å². The molecule has 32 nitrogen and oxygen atoms in total. The predicted molar refractivity (Wildman–Crippen MR) is 246 cm³/mol. The van der Waals surface area contributed by atoms with Crippen molar-refractivity contribution in [3.05, 3.63) is 0 Å². The first-order valence-electron chi connectivity index (χ1n) is 22.8. The molecule has 0 aromatic carbocycles. The number of hydrogen-bond acceptors (Lipinski definition) is 19. The van der Waals surface area contributed by atoms with E-state index >= 15 is 0 Å². The van der Waals surface area contributed by atoms with Gasteiger partial charge in [0, 0.05) is 40.4 Å². The monoisotopic (exact) mass is 1050 g/mol. The van der Waals surface area contributed by atoms with Gasteiger partial charge in [-0.15, -0.1) is 0 Å². The summed E-state index contributed by atoms with van der Waals surface area (Å²) in [5.41, 5.74) is 5.52. The number of carbonyl (C=O) groups excluding carboxylic acids is 12. The highest BCUT2D eigenvalue weighted by atomic mass is 16.5. The van der Waals surface area contributed by atoms with Crippen LogP contribution in [0.2, 0.25) is 0 Å². The minimum absolute atomic E-state index is 0.0124. The molecule has 0 spiro atoms. The summed E-state index contributed by atoms with van der Waals surface area (Å²) in [6.45, 7) is 2.40. The van der Waals surface area contributed by atoms with Gasteiger partial charge in [-0.25, -0.2) is 15.2 Å². The van der Waals surface area contributed by atoms with Gasteiger partial charge in [0.15, 0.2) is 0 Å². The van der Waals surface area contributed by atoms with Crippen LogP contribution in [0.5, 0.6) is 0 Å². The van der Waals surface area contributed by atoms with E-state index in [4.69, 9.17) is 10.8 Å². The lowest BCUT2D eigenvalue weighted by molar-refractivity contribution is -0.163. The quantitative estimate of drug-likeness (QED) is 0.0210. The summed E-state index contributed by atoms with van der Waals surface area (Å²) < 4.78 is 0. The van der Waals surface area contributed by atoms with Crippen molar-refractivity contribution >= 4 is 76.9 Å². The number of hydrogen-bond donors (Lipinski definition) is 16. The van der Waals surface area contributed by atoms with Crippen LogP contribution in [0.25, 0.3) is 0 Å². The first-order chi connectivity index (χ1) is 34.1. The maximum absolute atomic E-state index is 13.5. The topological polar surface area (TPSA) is 487 Å². The first kappa shape index (κ1) is 65.9. The Bertz CT molecular complexity index is 1940. The SMILES string of the molecule is CC(=O)N(O)CCCC(NC(=O)CNC(=O)[C@@H](C)NC(=O)C(CCCN(O)C(C)=O)NC(=O)[C@@H](CO)NC(=O)[C@H](NC(=O)CNC(=O)C(CCCN(O)C(C)=O)NC(=O)[C@H](N)CO)C(C)C)C(=O)NCC(=O)O. The maximum Gasteiger partial charge on any atom is 0.322 e. The van der Waals surface area contributed by atoms with Crippen LogP contribution in [-0.4, -0.2) is 218 Å². The Kier molecular flexibility index (Phi) is 30.9. The number of aliphatic hydroxyl groups is 2. The summed E-state index contributed by atoms with van der Waals surface area (Å²) >= 11 is 0. The van der Waals surface area contributed by atoms with Crippen LogP contribution in [0.1, 0.15) is 80.1 Å². The van der Waals surface area contributed by atoms with E-state index in [-0.39, 0.29) is 58.2 Å². The summed E-state index contributed by atoms with van der Waals surface area (Å²) in [4.78, 5) is 162. The number of rotatable bonds is 34. The van der Waals surface area contributed by atoms with E-state index in [1.807, 2.05) is 0 Å². The minimum Gasteiger partial charge on any atom is -0.480 e. The molecular formula is C41H71N13O19. The number of aliphatic hydroxyl groups excluding tert-OH is 2. The highest BCUT2D eigenvalue weighted by molar-refractivity contribution is 5.97.